The van der Waals surface area contributed by atoms with Crippen LogP contribution in [0.4, 0.5) is 5.69 Å². The second-order valence-corrected chi connectivity index (χ2v) is 5.35. The van der Waals surface area contributed by atoms with E-state index in [9.17, 15) is 4.79 Å². The zero-order chi connectivity index (χ0) is 15.1. The van der Waals surface area contributed by atoms with Crippen molar-refractivity contribution in [1.82, 2.24) is 5.32 Å². The number of amides is 1. The van der Waals surface area contributed by atoms with Crippen molar-refractivity contribution in [2.45, 2.75) is 6.54 Å². The van der Waals surface area contributed by atoms with E-state index in [1.54, 1.807) is 0 Å². The molecule has 2 N–H and O–H groups in total. The zero-order valence-electron chi connectivity index (χ0n) is 11.7. The van der Waals surface area contributed by atoms with Crippen molar-refractivity contribution in [3.8, 4) is 5.75 Å². The van der Waals surface area contributed by atoms with Crippen LogP contribution in [0.3, 0.4) is 0 Å². The van der Waals surface area contributed by atoms with Crippen LogP contribution in [-0.4, -0.2) is 19.6 Å². The fraction of sp³-hybridized carbons (Fsp3) is 0.188. The maximum absolute atomic E-state index is 11.8. The highest BCUT2D eigenvalue weighted by atomic mass is 79.9. The smallest absolute Gasteiger partial charge is 0.262 e. The highest BCUT2D eigenvalue weighted by molar-refractivity contribution is 9.10. The van der Waals surface area contributed by atoms with Crippen LogP contribution in [-0.2, 0) is 11.3 Å². The summed E-state index contributed by atoms with van der Waals surface area (Å²) in [5.74, 6) is 0.485. The van der Waals surface area contributed by atoms with Crippen molar-refractivity contribution in [1.29, 1.82) is 0 Å². The third kappa shape index (κ3) is 4.88. The van der Waals surface area contributed by atoms with Gasteiger partial charge in [-0.15, -0.1) is 0 Å². The van der Waals surface area contributed by atoms with Crippen molar-refractivity contribution >= 4 is 27.5 Å². The molecule has 0 spiro atoms. The van der Waals surface area contributed by atoms with Crippen molar-refractivity contribution in [2.24, 2.45) is 0 Å². The van der Waals surface area contributed by atoms with Gasteiger partial charge in [0.1, 0.15) is 5.75 Å². The average Bonchev–Trinajstić information content (AvgIpc) is 2.49. The quantitative estimate of drug-likeness (QED) is 0.842. The van der Waals surface area contributed by atoms with E-state index in [0.29, 0.717) is 5.75 Å². The monoisotopic (exact) mass is 348 g/mol. The summed E-state index contributed by atoms with van der Waals surface area (Å²) in [6, 6.07) is 15.1. The fourth-order valence-electron chi connectivity index (χ4n) is 1.81. The molecule has 0 atom stereocenters. The fourth-order valence-corrected chi connectivity index (χ4v) is 2.19. The van der Waals surface area contributed by atoms with Crippen LogP contribution in [0.2, 0.25) is 0 Å². The summed E-state index contributed by atoms with van der Waals surface area (Å²) in [6.45, 7) is 0.787. The Kier molecular flexibility index (Phi) is 5.78. The minimum Gasteiger partial charge on any atom is -0.484 e. The molecule has 4 nitrogen and oxygen atoms in total. The number of rotatable bonds is 6. The van der Waals surface area contributed by atoms with Gasteiger partial charge in [-0.2, -0.15) is 0 Å². The molecule has 1 amide bonds. The molecule has 21 heavy (non-hydrogen) atoms. The minimum atomic E-state index is -0.193. The number of halogens is 1. The van der Waals surface area contributed by atoms with Gasteiger partial charge < -0.3 is 15.4 Å². The van der Waals surface area contributed by atoms with Gasteiger partial charge in [-0.1, -0.05) is 24.3 Å². The molecule has 0 aliphatic heterocycles. The number of carbonyl (C=O) groups is 1. The van der Waals surface area contributed by atoms with E-state index >= 15 is 0 Å². The summed E-state index contributed by atoms with van der Waals surface area (Å²) in [5.41, 5.74) is 1.90. The van der Waals surface area contributed by atoms with Crippen molar-refractivity contribution in [3.05, 3.63) is 58.6 Å². The first-order valence-corrected chi connectivity index (χ1v) is 7.39. The van der Waals surface area contributed by atoms with E-state index in [1.807, 2.05) is 55.6 Å². The number of hydrogen-bond acceptors (Lipinski definition) is 3. The molecule has 0 aromatic heterocycles. The molecule has 0 radical (unpaired) electrons. The SMILES string of the molecule is CNCc1ccc(OCC(=O)Nc2ccccc2Br)cc1. The van der Waals surface area contributed by atoms with Crippen LogP contribution in [0.1, 0.15) is 5.56 Å². The molecular formula is C16H17BrN2O2. The molecule has 0 saturated heterocycles. The first-order chi connectivity index (χ1) is 10.2. The lowest BCUT2D eigenvalue weighted by molar-refractivity contribution is -0.118. The summed E-state index contributed by atoms with van der Waals surface area (Å²) >= 11 is 3.38. The third-order valence-corrected chi connectivity index (χ3v) is 3.51. The Bertz CT molecular complexity index is 599. The van der Waals surface area contributed by atoms with Gasteiger partial charge in [0.25, 0.3) is 5.91 Å². The predicted octanol–water partition coefficient (Wildman–Crippen LogP) is 3.19. The lowest BCUT2D eigenvalue weighted by atomic mass is 10.2. The molecule has 0 unspecified atom stereocenters. The Hall–Kier alpha value is -1.85. The van der Waals surface area contributed by atoms with E-state index in [-0.39, 0.29) is 12.5 Å². The third-order valence-electron chi connectivity index (χ3n) is 2.82. The maximum atomic E-state index is 11.8. The molecule has 0 bridgehead atoms. The Morgan fingerprint density at radius 2 is 1.86 bits per heavy atom. The number of carbonyl (C=O) groups excluding carboxylic acids is 1. The van der Waals surface area contributed by atoms with Crippen LogP contribution < -0.4 is 15.4 Å². The van der Waals surface area contributed by atoms with E-state index in [4.69, 9.17) is 4.74 Å². The molecule has 5 heteroatoms. The highest BCUT2D eigenvalue weighted by Gasteiger charge is 2.06. The zero-order valence-corrected chi connectivity index (χ0v) is 13.3. The Morgan fingerprint density at radius 1 is 1.14 bits per heavy atom. The van der Waals surface area contributed by atoms with Gasteiger partial charge in [0.15, 0.2) is 6.61 Å². The molecule has 0 saturated carbocycles. The molecule has 0 fully saturated rings. The average molecular weight is 349 g/mol. The second-order valence-electron chi connectivity index (χ2n) is 4.49. The molecule has 2 aromatic carbocycles. The largest absolute Gasteiger partial charge is 0.484 e. The number of benzene rings is 2. The molecule has 0 heterocycles. The van der Waals surface area contributed by atoms with E-state index in [1.165, 1.54) is 5.56 Å². The number of hydrogen-bond donors (Lipinski definition) is 2. The first-order valence-electron chi connectivity index (χ1n) is 6.60. The summed E-state index contributed by atoms with van der Waals surface area (Å²) in [4.78, 5) is 11.8. The maximum Gasteiger partial charge on any atom is 0.262 e. The highest BCUT2D eigenvalue weighted by Crippen LogP contribution is 2.21. The van der Waals surface area contributed by atoms with Gasteiger partial charge in [-0.25, -0.2) is 0 Å². The van der Waals surface area contributed by atoms with Crippen molar-refractivity contribution < 1.29 is 9.53 Å². The van der Waals surface area contributed by atoms with Gasteiger partial charge in [0, 0.05) is 11.0 Å². The van der Waals surface area contributed by atoms with Crippen molar-refractivity contribution in [2.75, 3.05) is 19.0 Å². The first kappa shape index (κ1) is 15.5. The van der Waals surface area contributed by atoms with Crippen LogP contribution >= 0.6 is 15.9 Å². The van der Waals surface area contributed by atoms with Gasteiger partial charge in [0.05, 0.1) is 5.69 Å². The lowest BCUT2D eigenvalue weighted by Gasteiger charge is -2.09. The van der Waals surface area contributed by atoms with E-state index in [2.05, 4.69) is 26.6 Å². The van der Waals surface area contributed by atoms with Crippen LogP contribution in [0, 0.1) is 0 Å². The molecule has 0 aliphatic carbocycles. The van der Waals surface area contributed by atoms with Crippen LogP contribution in [0.5, 0.6) is 5.75 Å². The molecule has 2 aromatic rings. The number of ether oxygens (including phenoxy) is 1. The summed E-state index contributed by atoms with van der Waals surface area (Å²) in [7, 11) is 1.90. The topological polar surface area (TPSA) is 50.4 Å². The second kappa shape index (κ2) is 7.81. The summed E-state index contributed by atoms with van der Waals surface area (Å²) < 4.78 is 6.31. The number of anilines is 1. The molecule has 2 rings (SSSR count). The van der Waals surface area contributed by atoms with Gasteiger partial charge in [0.2, 0.25) is 0 Å². The van der Waals surface area contributed by atoms with Gasteiger partial charge in [-0.3, -0.25) is 4.79 Å². The number of nitrogens with one attached hydrogen (secondary N) is 2. The predicted molar refractivity (Wildman–Crippen MR) is 87.5 cm³/mol. The Balaban J connectivity index is 1.85. The van der Waals surface area contributed by atoms with Gasteiger partial charge in [-0.05, 0) is 52.8 Å². The molecule has 0 aliphatic rings. The Morgan fingerprint density at radius 3 is 2.52 bits per heavy atom. The van der Waals surface area contributed by atoms with Crippen LogP contribution in [0.25, 0.3) is 0 Å². The molecule has 110 valence electrons. The summed E-state index contributed by atoms with van der Waals surface area (Å²) in [5, 5.41) is 5.87. The molecular weight excluding hydrogens is 332 g/mol. The normalized spacial score (nSPS) is 10.2. The van der Waals surface area contributed by atoms with Crippen LogP contribution in [0.15, 0.2) is 53.0 Å². The minimum absolute atomic E-state index is 0.0211. The number of para-hydroxylation sites is 1. The van der Waals surface area contributed by atoms with E-state index < -0.39 is 0 Å². The van der Waals surface area contributed by atoms with Gasteiger partial charge >= 0.3 is 0 Å². The van der Waals surface area contributed by atoms with E-state index in [0.717, 1.165) is 16.7 Å². The summed E-state index contributed by atoms with van der Waals surface area (Å²) in [6.07, 6.45) is 0. The van der Waals surface area contributed by atoms with Crippen molar-refractivity contribution in [3.63, 3.8) is 0 Å². The lowest BCUT2D eigenvalue weighted by Crippen LogP contribution is -2.20. The standard InChI is InChI=1S/C16H17BrN2O2/c1-18-10-12-6-8-13(9-7-12)21-11-16(20)19-15-5-3-2-4-14(15)17/h2-9,18H,10-11H2,1H3,(H,19,20). The Labute approximate surface area is 132 Å².